The van der Waals surface area contributed by atoms with Crippen LogP contribution in [0.15, 0.2) is 29.3 Å². The summed E-state index contributed by atoms with van der Waals surface area (Å²) in [6.45, 7) is 8.14. The van der Waals surface area contributed by atoms with Crippen molar-refractivity contribution in [3.8, 4) is 0 Å². The predicted molar refractivity (Wildman–Crippen MR) is 120 cm³/mol. The third-order valence-corrected chi connectivity index (χ3v) is 5.92. The number of likely N-dealkylation sites (tertiary alicyclic amines) is 1. The molecule has 2 saturated heterocycles. The quantitative estimate of drug-likeness (QED) is 0.387. The maximum Gasteiger partial charge on any atom is 0.401 e. The zero-order valence-corrected chi connectivity index (χ0v) is 18.6. The average Bonchev–Trinajstić information content (AvgIpc) is 3.15. The molecule has 2 N–H and O–H groups in total. The van der Waals surface area contributed by atoms with E-state index >= 15 is 0 Å². The molecule has 2 aliphatic rings. The fraction of sp³-hybridized carbons (Fsp3) is 0.682. The average molecular weight is 441 g/mol. The second-order valence-corrected chi connectivity index (χ2v) is 8.50. The van der Waals surface area contributed by atoms with Gasteiger partial charge < -0.3 is 15.5 Å². The van der Waals surface area contributed by atoms with Crippen LogP contribution in [-0.4, -0.2) is 93.9 Å². The van der Waals surface area contributed by atoms with E-state index in [0.29, 0.717) is 25.5 Å². The summed E-state index contributed by atoms with van der Waals surface area (Å²) in [7, 11) is 1.70. The van der Waals surface area contributed by atoms with Crippen LogP contribution in [0.3, 0.4) is 0 Å². The van der Waals surface area contributed by atoms with Gasteiger partial charge in [-0.05, 0) is 44.0 Å². The van der Waals surface area contributed by atoms with Gasteiger partial charge in [-0.3, -0.25) is 14.8 Å². The van der Waals surface area contributed by atoms with Crippen molar-refractivity contribution >= 4 is 11.6 Å². The van der Waals surface area contributed by atoms with E-state index in [1.807, 2.05) is 0 Å². The summed E-state index contributed by atoms with van der Waals surface area (Å²) < 4.78 is 37.6. The topological polar surface area (TPSA) is 46.1 Å². The Morgan fingerprint density at radius 3 is 2.58 bits per heavy atom. The van der Waals surface area contributed by atoms with Crippen LogP contribution in [0.1, 0.15) is 18.4 Å². The number of hydrogen-bond acceptors (Lipinski definition) is 4. The van der Waals surface area contributed by atoms with Crippen LogP contribution in [-0.2, 0) is 0 Å². The number of anilines is 1. The molecule has 0 radical (unpaired) electrons. The number of hydrogen-bond donors (Lipinski definition) is 2. The van der Waals surface area contributed by atoms with Crippen LogP contribution in [0.2, 0.25) is 0 Å². The van der Waals surface area contributed by atoms with Gasteiger partial charge in [0.15, 0.2) is 5.96 Å². The Labute approximate surface area is 183 Å². The summed E-state index contributed by atoms with van der Waals surface area (Å²) in [6, 6.07) is 8.66. The summed E-state index contributed by atoms with van der Waals surface area (Å²) in [5.41, 5.74) is 2.59. The number of benzene rings is 1. The number of guanidine groups is 1. The second-order valence-electron chi connectivity index (χ2n) is 8.50. The molecule has 0 aromatic heterocycles. The summed E-state index contributed by atoms with van der Waals surface area (Å²) in [4.78, 5) is 10.6. The van der Waals surface area contributed by atoms with Crippen molar-refractivity contribution in [1.82, 2.24) is 20.4 Å². The van der Waals surface area contributed by atoms with E-state index in [0.717, 1.165) is 45.7 Å². The number of piperazine rings is 1. The number of nitrogens with zero attached hydrogens (tertiary/aromatic N) is 4. The van der Waals surface area contributed by atoms with Gasteiger partial charge in [0.1, 0.15) is 0 Å². The first-order chi connectivity index (χ1) is 14.8. The summed E-state index contributed by atoms with van der Waals surface area (Å²) >= 11 is 0. The molecule has 1 aromatic rings. The Hall–Kier alpha value is -2.00. The van der Waals surface area contributed by atoms with E-state index in [1.54, 1.807) is 7.05 Å². The van der Waals surface area contributed by atoms with Crippen LogP contribution in [0.25, 0.3) is 0 Å². The number of aliphatic imine (C=N–C) groups is 1. The Kier molecular flexibility index (Phi) is 8.43. The minimum Gasteiger partial charge on any atom is -0.369 e. The number of nitrogens with one attached hydrogen (secondary N) is 2. The normalized spacial score (nSPS) is 21.5. The molecule has 2 fully saturated rings. The Bertz CT molecular complexity index is 715. The van der Waals surface area contributed by atoms with E-state index in [4.69, 9.17) is 0 Å². The van der Waals surface area contributed by atoms with Gasteiger partial charge in [0.05, 0.1) is 6.54 Å². The molecule has 0 bridgehead atoms. The van der Waals surface area contributed by atoms with E-state index in [9.17, 15) is 13.2 Å². The zero-order chi connectivity index (χ0) is 22.3. The number of alkyl halides is 3. The molecule has 1 aromatic carbocycles. The highest BCUT2D eigenvalue weighted by Gasteiger charge is 2.34. The van der Waals surface area contributed by atoms with Crippen LogP contribution >= 0.6 is 0 Å². The SMILES string of the molecule is CN=C(NCCCN1CCN(c2cccc(C)c2)CC1)NC1CCN(CC(F)(F)F)C1. The van der Waals surface area contributed by atoms with E-state index in [2.05, 4.69) is 56.6 Å². The van der Waals surface area contributed by atoms with Gasteiger partial charge in [0.2, 0.25) is 0 Å². The lowest BCUT2D eigenvalue weighted by Gasteiger charge is -2.36. The highest BCUT2D eigenvalue weighted by molar-refractivity contribution is 5.80. The summed E-state index contributed by atoms with van der Waals surface area (Å²) in [5.74, 6) is 0.670. The third kappa shape index (κ3) is 7.88. The fourth-order valence-corrected chi connectivity index (χ4v) is 4.30. The monoisotopic (exact) mass is 440 g/mol. The van der Waals surface area contributed by atoms with E-state index in [1.165, 1.54) is 16.2 Å². The molecular formula is C22H35F3N6. The van der Waals surface area contributed by atoms with Crippen molar-refractivity contribution in [3.63, 3.8) is 0 Å². The molecule has 0 aliphatic carbocycles. The number of rotatable bonds is 7. The first-order valence-corrected chi connectivity index (χ1v) is 11.1. The van der Waals surface area contributed by atoms with Crippen molar-refractivity contribution in [2.75, 3.05) is 70.9 Å². The van der Waals surface area contributed by atoms with Gasteiger partial charge >= 0.3 is 6.18 Å². The fourth-order valence-electron chi connectivity index (χ4n) is 4.30. The molecule has 1 unspecified atom stereocenters. The first kappa shape index (κ1) is 23.7. The molecule has 174 valence electrons. The molecule has 6 nitrogen and oxygen atoms in total. The lowest BCUT2D eigenvalue weighted by Crippen LogP contribution is -2.48. The molecule has 0 saturated carbocycles. The van der Waals surface area contributed by atoms with E-state index in [-0.39, 0.29) is 6.04 Å². The Balaban J connectivity index is 1.30. The maximum atomic E-state index is 12.5. The van der Waals surface area contributed by atoms with Crippen molar-refractivity contribution in [2.45, 2.75) is 32.0 Å². The molecule has 0 amide bonds. The van der Waals surface area contributed by atoms with Crippen LogP contribution in [0.4, 0.5) is 18.9 Å². The van der Waals surface area contributed by atoms with Gasteiger partial charge in [-0.1, -0.05) is 12.1 Å². The molecule has 2 heterocycles. The molecule has 3 rings (SSSR count). The molecular weight excluding hydrogens is 405 g/mol. The number of halogens is 3. The van der Waals surface area contributed by atoms with Gasteiger partial charge in [0.25, 0.3) is 0 Å². The lowest BCUT2D eigenvalue weighted by molar-refractivity contribution is -0.143. The lowest BCUT2D eigenvalue weighted by atomic mass is 10.2. The largest absolute Gasteiger partial charge is 0.401 e. The third-order valence-electron chi connectivity index (χ3n) is 5.92. The smallest absolute Gasteiger partial charge is 0.369 e. The standard InChI is InChI=1S/C22H35F3N6/c1-18-5-3-6-20(15-18)31-13-11-29(12-14-31)9-4-8-27-21(26-2)28-19-7-10-30(16-19)17-22(23,24)25/h3,5-6,15,19H,4,7-14,16-17H2,1-2H3,(H2,26,27,28). The van der Waals surface area contributed by atoms with Crippen molar-refractivity contribution in [2.24, 2.45) is 4.99 Å². The highest BCUT2D eigenvalue weighted by Crippen LogP contribution is 2.20. The van der Waals surface area contributed by atoms with Crippen LogP contribution in [0, 0.1) is 6.92 Å². The zero-order valence-electron chi connectivity index (χ0n) is 18.6. The van der Waals surface area contributed by atoms with Crippen LogP contribution in [0.5, 0.6) is 0 Å². The first-order valence-electron chi connectivity index (χ1n) is 11.1. The molecule has 2 aliphatic heterocycles. The van der Waals surface area contributed by atoms with Gasteiger partial charge in [0, 0.05) is 64.6 Å². The summed E-state index contributed by atoms with van der Waals surface area (Å²) in [5, 5.41) is 6.56. The molecule has 9 heteroatoms. The van der Waals surface area contributed by atoms with E-state index < -0.39 is 12.7 Å². The van der Waals surface area contributed by atoms with Crippen molar-refractivity contribution < 1.29 is 13.2 Å². The molecule has 31 heavy (non-hydrogen) atoms. The highest BCUT2D eigenvalue weighted by atomic mass is 19.4. The molecule has 1 atom stereocenters. The predicted octanol–water partition coefficient (Wildman–Crippen LogP) is 2.31. The Morgan fingerprint density at radius 2 is 1.90 bits per heavy atom. The maximum absolute atomic E-state index is 12.5. The van der Waals surface area contributed by atoms with Crippen molar-refractivity contribution in [3.05, 3.63) is 29.8 Å². The van der Waals surface area contributed by atoms with Crippen LogP contribution < -0.4 is 15.5 Å². The Morgan fingerprint density at radius 1 is 1.13 bits per heavy atom. The van der Waals surface area contributed by atoms with Gasteiger partial charge in [-0.25, -0.2) is 0 Å². The van der Waals surface area contributed by atoms with Gasteiger partial charge in [-0.15, -0.1) is 0 Å². The minimum absolute atomic E-state index is 0.00301. The molecule has 0 spiro atoms. The number of aryl methyl sites for hydroxylation is 1. The van der Waals surface area contributed by atoms with Crippen molar-refractivity contribution in [1.29, 1.82) is 0 Å². The minimum atomic E-state index is -4.14. The van der Waals surface area contributed by atoms with Gasteiger partial charge in [-0.2, -0.15) is 13.2 Å². The summed E-state index contributed by atoms with van der Waals surface area (Å²) in [6.07, 6.45) is -2.45. The second kappa shape index (κ2) is 11.0.